The maximum atomic E-state index is 11.9. The average Bonchev–Trinajstić information content (AvgIpc) is 2.95. The minimum absolute atomic E-state index is 0.134. The zero-order chi connectivity index (χ0) is 14.0. The minimum Gasteiger partial charge on any atom is -0.383 e. The quantitative estimate of drug-likeness (QED) is 0.823. The summed E-state index contributed by atoms with van der Waals surface area (Å²) in [6.45, 7) is 3.76. The molecule has 0 bridgehead atoms. The van der Waals surface area contributed by atoms with Crippen LogP contribution in [0.25, 0.3) is 0 Å². The zero-order valence-corrected chi connectivity index (χ0v) is 11.6. The topological polar surface area (TPSA) is 76.4 Å². The Kier molecular flexibility index (Phi) is 3.91. The third-order valence-corrected chi connectivity index (χ3v) is 3.46. The first-order valence-electron chi connectivity index (χ1n) is 6.53. The van der Waals surface area contributed by atoms with Gasteiger partial charge in [0.05, 0.1) is 18.8 Å². The van der Waals surface area contributed by atoms with E-state index >= 15 is 0 Å². The fraction of sp³-hybridized carbons (Fsp3) is 0.692. The van der Waals surface area contributed by atoms with Crippen molar-refractivity contribution >= 4 is 5.91 Å². The van der Waals surface area contributed by atoms with Crippen LogP contribution >= 0.6 is 0 Å². The number of hydrogen-bond acceptors (Lipinski definition) is 4. The second-order valence-electron chi connectivity index (χ2n) is 5.41. The molecule has 1 saturated heterocycles. The van der Waals surface area contributed by atoms with E-state index in [1.807, 2.05) is 6.92 Å². The van der Waals surface area contributed by atoms with Crippen molar-refractivity contribution in [1.82, 2.24) is 15.1 Å². The van der Waals surface area contributed by atoms with Gasteiger partial charge in [-0.15, -0.1) is 0 Å². The molecule has 1 amide bonds. The average molecular weight is 267 g/mol. The van der Waals surface area contributed by atoms with Gasteiger partial charge in [-0.2, -0.15) is 5.10 Å². The van der Waals surface area contributed by atoms with Crippen LogP contribution in [0.3, 0.4) is 0 Å². The molecule has 19 heavy (non-hydrogen) atoms. The molecule has 1 aromatic heterocycles. The van der Waals surface area contributed by atoms with E-state index in [1.165, 1.54) is 0 Å². The number of ether oxygens (including phenoxy) is 1. The molecular weight excluding hydrogens is 246 g/mol. The van der Waals surface area contributed by atoms with Crippen molar-refractivity contribution in [3.05, 3.63) is 18.0 Å². The number of rotatable bonds is 4. The molecule has 2 N–H and O–H groups in total. The lowest BCUT2D eigenvalue weighted by atomic mass is 9.99. The van der Waals surface area contributed by atoms with Crippen molar-refractivity contribution in [2.24, 2.45) is 7.05 Å². The van der Waals surface area contributed by atoms with Gasteiger partial charge in [-0.25, -0.2) is 0 Å². The Balaban J connectivity index is 1.89. The summed E-state index contributed by atoms with van der Waals surface area (Å²) in [6, 6.07) is 0. The van der Waals surface area contributed by atoms with Crippen LogP contribution in [0.15, 0.2) is 12.4 Å². The number of nitrogens with zero attached hydrogens (tertiary/aromatic N) is 2. The van der Waals surface area contributed by atoms with Gasteiger partial charge in [-0.1, -0.05) is 0 Å². The molecule has 6 heteroatoms. The highest BCUT2D eigenvalue weighted by Gasteiger charge is 2.31. The zero-order valence-electron chi connectivity index (χ0n) is 11.6. The molecule has 3 unspecified atom stereocenters. The lowest BCUT2D eigenvalue weighted by Gasteiger charge is -2.23. The highest BCUT2D eigenvalue weighted by atomic mass is 16.5. The molecule has 0 radical (unpaired) electrons. The summed E-state index contributed by atoms with van der Waals surface area (Å²) in [6.07, 6.45) is 4.72. The summed E-state index contributed by atoms with van der Waals surface area (Å²) < 4.78 is 7.11. The molecule has 2 heterocycles. The molecular formula is C13H21N3O3. The number of aromatic nitrogens is 2. The number of amides is 1. The summed E-state index contributed by atoms with van der Waals surface area (Å²) in [5.41, 5.74) is -0.454. The maximum Gasteiger partial charge on any atom is 0.249 e. The standard InChI is InChI=1S/C13H21N3O3/c1-9-4-5-11(19-9)12(17)14-8-13(2,18)10-6-15-16(3)7-10/h6-7,9,11,18H,4-5,8H2,1-3H3,(H,14,17). The van der Waals surface area contributed by atoms with E-state index in [2.05, 4.69) is 10.4 Å². The summed E-state index contributed by atoms with van der Waals surface area (Å²) in [7, 11) is 1.78. The second-order valence-corrected chi connectivity index (χ2v) is 5.41. The van der Waals surface area contributed by atoms with Crippen LogP contribution in [0.4, 0.5) is 0 Å². The fourth-order valence-electron chi connectivity index (χ4n) is 2.17. The minimum atomic E-state index is -1.13. The second kappa shape index (κ2) is 5.30. The van der Waals surface area contributed by atoms with Gasteiger partial charge in [0.2, 0.25) is 5.91 Å². The van der Waals surface area contributed by atoms with E-state index in [1.54, 1.807) is 31.0 Å². The highest BCUT2D eigenvalue weighted by molar-refractivity contribution is 5.81. The molecule has 1 aromatic rings. The van der Waals surface area contributed by atoms with Crippen molar-refractivity contribution in [2.75, 3.05) is 6.54 Å². The number of carbonyl (C=O) groups excluding carboxylic acids is 1. The van der Waals surface area contributed by atoms with Crippen LogP contribution in [0.5, 0.6) is 0 Å². The number of aryl methyl sites for hydroxylation is 1. The summed E-state index contributed by atoms with van der Waals surface area (Å²) in [4.78, 5) is 11.9. The molecule has 1 aliphatic rings. The first kappa shape index (κ1) is 14.0. The van der Waals surface area contributed by atoms with Crippen molar-refractivity contribution in [2.45, 2.75) is 44.5 Å². The third-order valence-electron chi connectivity index (χ3n) is 3.46. The molecule has 0 spiro atoms. The summed E-state index contributed by atoms with van der Waals surface area (Å²) in [5.74, 6) is -0.159. The van der Waals surface area contributed by atoms with Crippen LogP contribution in [-0.4, -0.2) is 39.5 Å². The normalized spacial score (nSPS) is 26.1. The third kappa shape index (κ3) is 3.33. The van der Waals surface area contributed by atoms with E-state index in [9.17, 15) is 9.90 Å². The van der Waals surface area contributed by atoms with Crippen molar-refractivity contribution in [3.8, 4) is 0 Å². The van der Waals surface area contributed by atoms with Gasteiger partial charge in [0.1, 0.15) is 11.7 Å². The van der Waals surface area contributed by atoms with Gasteiger partial charge in [0.15, 0.2) is 0 Å². The Hall–Kier alpha value is -1.40. The Bertz CT molecular complexity index is 456. The number of carbonyl (C=O) groups is 1. The molecule has 0 aromatic carbocycles. The van der Waals surface area contributed by atoms with Crippen LogP contribution < -0.4 is 5.32 Å². The van der Waals surface area contributed by atoms with Crippen LogP contribution in [0, 0.1) is 0 Å². The molecule has 2 rings (SSSR count). The Labute approximate surface area is 112 Å². The monoisotopic (exact) mass is 267 g/mol. The summed E-state index contributed by atoms with van der Waals surface area (Å²) in [5, 5.41) is 17.1. The van der Waals surface area contributed by atoms with E-state index in [0.29, 0.717) is 5.56 Å². The summed E-state index contributed by atoms with van der Waals surface area (Å²) >= 11 is 0. The molecule has 0 aliphatic carbocycles. The lowest BCUT2D eigenvalue weighted by Crippen LogP contribution is -2.42. The van der Waals surface area contributed by atoms with E-state index in [4.69, 9.17) is 4.74 Å². The lowest BCUT2D eigenvalue weighted by molar-refractivity contribution is -0.132. The number of nitrogens with one attached hydrogen (secondary N) is 1. The first-order valence-corrected chi connectivity index (χ1v) is 6.53. The predicted octanol–water partition coefficient (Wildman–Crippen LogP) is 0.311. The number of aliphatic hydroxyl groups is 1. The van der Waals surface area contributed by atoms with E-state index < -0.39 is 5.60 Å². The molecule has 106 valence electrons. The van der Waals surface area contributed by atoms with Gasteiger partial charge < -0.3 is 15.2 Å². The number of hydrogen-bond donors (Lipinski definition) is 2. The van der Waals surface area contributed by atoms with Gasteiger partial charge in [0, 0.05) is 18.8 Å². The Morgan fingerprint density at radius 1 is 1.68 bits per heavy atom. The Morgan fingerprint density at radius 3 is 2.95 bits per heavy atom. The van der Waals surface area contributed by atoms with Crippen molar-refractivity contribution in [1.29, 1.82) is 0 Å². The van der Waals surface area contributed by atoms with E-state index in [-0.39, 0.29) is 24.7 Å². The highest BCUT2D eigenvalue weighted by Crippen LogP contribution is 2.21. The first-order chi connectivity index (χ1) is 8.88. The molecule has 1 aliphatic heterocycles. The van der Waals surface area contributed by atoms with Crippen LogP contribution in [0.1, 0.15) is 32.3 Å². The van der Waals surface area contributed by atoms with E-state index in [0.717, 1.165) is 12.8 Å². The molecule has 1 fully saturated rings. The molecule has 3 atom stereocenters. The van der Waals surface area contributed by atoms with Crippen LogP contribution in [0.2, 0.25) is 0 Å². The maximum absolute atomic E-state index is 11.9. The van der Waals surface area contributed by atoms with Crippen molar-refractivity contribution in [3.63, 3.8) is 0 Å². The van der Waals surface area contributed by atoms with Crippen LogP contribution in [-0.2, 0) is 22.2 Å². The van der Waals surface area contributed by atoms with Gasteiger partial charge in [-0.3, -0.25) is 9.48 Å². The van der Waals surface area contributed by atoms with Gasteiger partial charge in [0.25, 0.3) is 0 Å². The largest absolute Gasteiger partial charge is 0.383 e. The van der Waals surface area contributed by atoms with Gasteiger partial charge in [-0.05, 0) is 26.7 Å². The molecule has 0 saturated carbocycles. The smallest absolute Gasteiger partial charge is 0.249 e. The predicted molar refractivity (Wildman–Crippen MR) is 69.4 cm³/mol. The SMILES string of the molecule is CC1CCC(C(=O)NCC(C)(O)c2cnn(C)c2)O1. The van der Waals surface area contributed by atoms with Gasteiger partial charge >= 0.3 is 0 Å². The Morgan fingerprint density at radius 2 is 2.42 bits per heavy atom. The van der Waals surface area contributed by atoms with Crippen molar-refractivity contribution < 1.29 is 14.6 Å². The fourth-order valence-corrected chi connectivity index (χ4v) is 2.17. The molecule has 6 nitrogen and oxygen atoms in total.